The highest BCUT2D eigenvalue weighted by Crippen LogP contribution is 2.36. The number of carbonyl (C=O) groups excluding carboxylic acids is 2. The molecule has 0 unspecified atom stereocenters. The molecule has 2 aliphatic heterocycles. The fourth-order valence-electron chi connectivity index (χ4n) is 3.83. The molecule has 1 aliphatic carbocycles. The molecule has 0 aromatic carbocycles. The maximum absolute atomic E-state index is 12.4. The van der Waals surface area contributed by atoms with Crippen molar-refractivity contribution < 1.29 is 14.3 Å². The number of carbonyl (C=O) groups is 2. The first kappa shape index (κ1) is 15.5. The molecule has 1 aromatic heterocycles. The zero-order valence-electron chi connectivity index (χ0n) is 13.6. The first-order valence-corrected chi connectivity index (χ1v) is 8.67. The molecule has 3 fully saturated rings. The number of fused-ring (bicyclic) bond motifs is 1. The summed E-state index contributed by atoms with van der Waals surface area (Å²) in [7, 11) is 0. The number of nitrogens with one attached hydrogen (secondary N) is 1. The number of ether oxygens (including phenoxy) is 1. The van der Waals surface area contributed by atoms with Gasteiger partial charge in [-0.25, -0.2) is 4.98 Å². The molecule has 7 heteroatoms. The van der Waals surface area contributed by atoms with E-state index >= 15 is 0 Å². The summed E-state index contributed by atoms with van der Waals surface area (Å²) in [6.45, 7) is 2.64. The van der Waals surface area contributed by atoms with Crippen LogP contribution in [0.15, 0.2) is 18.6 Å². The summed E-state index contributed by atoms with van der Waals surface area (Å²) in [6.07, 6.45) is 7.85. The molecule has 0 bridgehead atoms. The van der Waals surface area contributed by atoms with Gasteiger partial charge in [-0.15, -0.1) is 0 Å². The summed E-state index contributed by atoms with van der Waals surface area (Å²) in [5.74, 6) is 0.873. The average molecular weight is 330 g/mol. The number of hydrogen-bond donors (Lipinski definition) is 1. The SMILES string of the molecule is O=C(NC[C@@H]1CO[C@@H]2CN(C(=O)C3CCC3)C[C@H]12)c1cnccn1. The largest absolute Gasteiger partial charge is 0.376 e. The first-order chi connectivity index (χ1) is 11.7. The number of hydrogen-bond acceptors (Lipinski definition) is 5. The Morgan fingerprint density at radius 2 is 2.17 bits per heavy atom. The second-order valence-electron chi connectivity index (χ2n) is 6.97. The van der Waals surface area contributed by atoms with E-state index in [4.69, 9.17) is 4.74 Å². The molecule has 2 saturated heterocycles. The molecule has 3 atom stereocenters. The van der Waals surface area contributed by atoms with Gasteiger partial charge in [0.2, 0.25) is 5.91 Å². The maximum Gasteiger partial charge on any atom is 0.271 e. The maximum atomic E-state index is 12.4. The smallest absolute Gasteiger partial charge is 0.271 e. The molecule has 4 rings (SSSR count). The van der Waals surface area contributed by atoms with Gasteiger partial charge in [0.25, 0.3) is 5.91 Å². The molecule has 2 amide bonds. The van der Waals surface area contributed by atoms with Gasteiger partial charge in [-0.3, -0.25) is 14.6 Å². The zero-order chi connectivity index (χ0) is 16.5. The van der Waals surface area contributed by atoms with E-state index in [9.17, 15) is 9.59 Å². The third-order valence-corrected chi connectivity index (χ3v) is 5.53. The van der Waals surface area contributed by atoms with E-state index in [2.05, 4.69) is 15.3 Å². The first-order valence-electron chi connectivity index (χ1n) is 8.67. The van der Waals surface area contributed by atoms with Crippen LogP contribution in [0.1, 0.15) is 29.8 Å². The van der Waals surface area contributed by atoms with E-state index in [-0.39, 0.29) is 23.8 Å². The van der Waals surface area contributed by atoms with Crippen LogP contribution in [0, 0.1) is 17.8 Å². The Kier molecular flexibility index (Phi) is 4.18. The Morgan fingerprint density at radius 3 is 2.88 bits per heavy atom. The molecule has 1 aromatic rings. The van der Waals surface area contributed by atoms with Crippen LogP contribution in [-0.2, 0) is 9.53 Å². The quantitative estimate of drug-likeness (QED) is 0.868. The van der Waals surface area contributed by atoms with Gasteiger partial charge in [-0.1, -0.05) is 6.42 Å². The van der Waals surface area contributed by atoms with Crippen LogP contribution in [0.25, 0.3) is 0 Å². The normalized spacial score (nSPS) is 29.2. The van der Waals surface area contributed by atoms with Gasteiger partial charge < -0.3 is 15.0 Å². The van der Waals surface area contributed by atoms with E-state index in [1.165, 1.54) is 18.8 Å². The zero-order valence-corrected chi connectivity index (χ0v) is 13.6. The average Bonchev–Trinajstić information content (AvgIpc) is 3.12. The van der Waals surface area contributed by atoms with E-state index in [0.717, 1.165) is 19.4 Å². The lowest BCUT2D eigenvalue weighted by molar-refractivity contribution is -0.137. The third kappa shape index (κ3) is 2.88. The fraction of sp³-hybridized carbons (Fsp3) is 0.647. The molecule has 1 N–H and O–H groups in total. The summed E-state index contributed by atoms with van der Waals surface area (Å²) >= 11 is 0. The van der Waals surface area contributed by atoms with Gasteiger partial charge in [0, 0.05) is 49.8 Å². The van der Waals surface area contributed by atoms with Gasteiger partial charge in [0.1, 0.15) is 5.69 Å². The van der Waals surface area contributed by atoms with Crippen LogP contribution < -0.4 is 5.32 Å². The minimum Gasteiger partial charge on any atom is -0.376 e. The Bertz CT molecular complexity index is 620. The van der Waals surface area contributed by atoms with E-state index < -0.39 is 0 Å². The molecule has 0 spiro atoms. The van der Waals surface area contributed by atoms with Crippen LogP contribution in [0.4, 0.5) is 0 Å². The van der Waals surface area contributed by atoms with Crippen LogP contribution in [0.2, 0.25) is 0 Å². The van der Waals surface area contributed by atoms with Gasteiger partial charge in [-0.2, -0.15) is 0 Å². The lowest BCUT2D eigenvalue weighted by atomic mass is 9.84. The number of likely N-dealkylation sites (tertiary alicyclic amines) is 1. The monoisotopic (exact) mass is 330 g/mol. The Morgan fingerprint density at radius 1 is 1.29 bits per heavy atom. The summed E-state index contributed by atoms with van der Waals surface area (Å²) in [5, 5.41) is 2.92. The van der Waals surface area contributed by atoms with E-state index in [1.54, 1.807) is 6.20 Å². The molecule has 3 aliphatic rings. The summed E-state index contributed by atoms with van der Waals surface area (Å²) in [6, 6.07) is 0. The Balaban J connectivity index is 1.31. The Hall–Kier alpha value is -2.02. The van der Waals surface area contributed by atoms with Crippen molar-refractivity contribution >= 4 is 11.8 Å². The topological polar surface area (TPSA) is 84.4 Å². The van der Waals surface area contributed by atoms with Gasteiger partial charge in [0.15, 0.2) is 0 Å². The van der Waals surface area contributed by atoms with Gasteiger partial charge >= 0.3 is 0 Å². The van der Waals surface area contributed by atoms with Crippen molar-refractivity contribution in [3.63, 3.8) is 0 Å². The van der Waals surface area contributed by atoms with Crippen molar-refractivity contribution in [2.24, 2.45) is 17.8 Å². The minimum atomic E-state index is -0.216. The Labute approximate surface area is 140 Å². The van der Waals surface area contributed by atoms with Gasteiger partial charge in [0.05, 0.1) is 18.9 Å². The van der Waals surface area contributed by atoms with Crippen molar-refractivity contribution in [2.45, 2.75) is 25.4 Å². The second kappa shape index (κ2) is 6.47. The van der Waals surface area contributed by atoms with Crippen LogP contribution in [0.5, 0.6) is 0 Å². The highest BCUT2D eigenvalue weighted by molar-refractivity contribution is 5.91. The second-order valence-corrected chi connectivity index (χ2v) is 6.97. The number of aromatic nitrogens is 2. The molecule has 7 nitrogen and oxygen atoms in total. The number of rotatable bonds is 4. The molecule has 3 heterocycles. The van der Waals surface area contributed by atoms with Crippen LogP contribution in [0.3, 0.4) is 0 Å². The molecular weight excluding hydrogens is 308 g/mol. The lowest BCUT2D eigenvalue weighted by Gasteiger charge is -2.29. The molecule has 24 heavy (non-hydrogen) atoms. The standard InChI is InChI=1S/C17H22N4O3/c22-16(14-7-18-4-5-19-14)20-6-12-10-24-15-9-21(8-13(12)15)17(23)11-2-1-3-11/h4-5,7,11-13,15H,1-3,6,8-10H2,(H,20,22)/t12-,13-,15-/m1/s1. The molecular formula is C17H22N4O3. The van der Waals surface area contributed by atoms with Crippen molar-refractivity contribution in [3.8, 4) is 0 Å². The van der Waals surface area contributed by atoms with Crippen molar-refractivity contribution in [2.75, 3.05) is 26.2 Å². The summed E-state index contributed by atoms with van der Waals surface area (Å²) < 4.78 is 5.87. The highest BCUT2D eigenvalue weighted by atomic mass is 16.5. The molecule has 1 saturated carbocycles. The summed E-state index contributed by atoms with van der Waals surface area (Å²) in [4.78, 5) is 34.4. The van der Waals surface area contributed by atoms with Crippen LogP contribution in [-0.4, -0.2) is 59.0 Å². The van der Waals surface area contributed by atoms with Gasteiger partial charge in [-0.05, 0) is 12.8 Å². The predicted molar refractivity (Wildman–Crippen MR) is 85.0 cm³/mol. The highest BCUT2D eigenvalue weighted by Gasteiger charge is 2.46. The third-order valence-electron chi connectivity index (χ3n) is 5.53. The number of amides is 2. The van der Waals surface area contributed by atoms with Crippen molar-refractivity contribution in [1.29, 1.82) is 0 Å². The lowest BCUT2D eigenvalue weighted by Crippen LogP contribution is -2.39. The van der Waals surface area contributed by atoms with E-state index in [0.29, 0.717) is 37.2 Å². The van der Waals surface area contributed by atoms with Crippen molar-refractivity contribution in [1.82, 2.24) is 20.2 Å². The molecule has 0 radical (unpaired) electrons. The predicted octanol–water partition coefficient (Wildman–Crippen LogP) is 0.480. The van der Waals surface area contributed by atoms with Crippen molar-refractivity contribution in [3.05, 3.63) is 24.3 Å². The molecule has 128 valence electrons. The van der Waals surface area contributed by atoms with Crippen LogP contribution >= 0.6 is 0 Å². The van der Waals surface area contributed by atoms with E-state index in [1.807, 2.05) is 4.90 Å². The summed E-state index contributed by atoms with van der Waals surface area (Å²) in [5.41, 5.74) is 0.321. The fourth-order valence-corrected chi connectivity index (χ4v) is 3.83. The minimum absolute atomic E-state index is 0.118. The number of nitrogens with zero attached hydrogens (tertiary/aromatic N) is 3.